The number of carbonyl (C=O) groups excluding carboxylic acids is 1. The van der Waals surface area contributed by atoms with Gasteiger partial charge in [-0.1, -0.05) is 36.7 Å². The molecule has 0 unspecified atom stereocenters. The summed E-state index contributed by atoms with van der Waals surface area (Å²) in [5.41, 5.74) is 5.84. The van der Waals surface area contributed by atoms with Crippen LogP contribution < -0.4 is 5.73 Å². The van der Waals surface area contributed by atoms with Gasteiger partial charge in [0.05, 0.1) is 12.1 Å². The van der Waals surface area contributed by atoms with E-state index in [-0.39, 0.29) is 28.8 Å². The van der Waals surface area contributed by atoms with Gasteiger partial charge in [0.15, 0.2) is 5.75 Å². The van der Waals surface area contributed by atoms with Crippen LogP contribution in [-0.2, 0) is 9.53 Å². The van der Waals surface area contributed by atoms with E-state index in [1.54, 1.807) is 19.1 Å². The second-order valence-electron chi connectivity index (χ2n) is 4.72. The summed E-state index contributed by atoms with van der Waals surface area (Å²) in [4.78, 5) is 17.4. The highest BCUT2D eigenvalue weighted by Gasteiger charge is 2.12. The lowest BCUT2D eigenvalue weighted by atomic mass is 10.3. The third kappa shape index (κ3) is 5.85. The molecule has 0 heterocycles. The number of aliphatic imine (C=N–C) groups is 1. The number of ether oxygens (including phenoxy) is 1. The molecular weight excluding hydrogens is 365 g/mol. The van der Waals surface area contributed by atoms with Gasteiger partial charge < -0.3 is 15.6 Å². The predicted octanol–water partition coefficient (Wildman–Crippen LogP) is 4.11. The van der Waals surface area contributed by atoms with E-state index in [1.165, 1.54) is 36.7 Å². The van der Waals surface area contributed by atoms with E-state index in [0.29, 0.717) is 16.5 Å². The van der Waals surface area contributed by atoms with Gasteiger partial charge in [0.25, 0.3) is 0 Å². The van der Waals surface area contributed by atoms with Crippen LogP contribution in [0.5, 0.6) is 5.75 Å². The number of rotatable bonds is 7. The molecule has 0 aliphatic carbocycles. The van der Waals surface area contributed by atoms with E-state index < -0.39 is 0 Å². The Balaban J connectivity index is 3.13. The van der Waals surface area contributed by atoms with Crippen molar-refractivity contribution in [1.82, 2.24) is 4.90 Å². The lowest BCUT2D eigenvalue weighted by molar-refractivity contribution is -0.125. The highest BCUT2D eigenvalue weighted by atomic mass is 35.5. The summed E-state index contributed by atoms with van der Waals surface area (Å²) in [5, 5.41) is 10.3. The average Bonchev–Trinajstić information content (AvgIpc) is 2.59. The van der Waals surface area contributed by atoms with Gasteiger partial charge in [-0.15, -0.1) is 0 Å². The van der Waals surface area contributed by atoms with Gasteiger partial charge in [-0.2, -0.15) is 0 Å². The summed E-state index contributed by atoms with van der Waals surface area (Å²) in [5.74, 6) is -0.0805. The summed E-state index contributed by atoms with van der Waals surface area (Å²) < 4.78 is 5.00. The van der Waals surface area contributed by atoms with Crippen molar-refractivity contribution < 1.29 is 14.6 Å². The molecule has 0 bridgehead atoms. The molecule has 0 spiro atoms. The number of halogens is 2. The number of carbonyl (C=O) groups is 1. The maximum Gasteiger partial charge on any atom is 0.231 e. The molecule has 134 valence electrons. The Hall–Kier alpha value is -2.44. The SMILES string of the molecule is C=C(/C=C\C(=C/N)OC)N(/C=N\c1cc(Cl)cc(Cl)c1O)C(=O)CC. The molecular formula is C17H19Cl2N3O3. The normalized spacial score (nSPS) is 11.9. The van der Waals surface area contributed by atoms with E-state index in [9.17, 15) is 9.90 Å². The third-order valence-corrected chi connectivity index (χ3v) is 3.55. The first-order chi connectivity index (χ1) is 11.8. The molecule has 0 aromatic heterocycles. The minimum Gasteiger partial charge on any atom is -0.504 e. The van der Waals surface area contributed by atoms with Crippen LogP contribution in [0.2, 0.25) is 10.0 Å². The zero-order valence-electron chi connectivity index (χ0n) is 13.9. The van der Waals surface area contributed by atoms with Gasteiger partial charge in [-0.25, -0.2) is 4.99 Å². The summed E-state index contributed by atoms with van der Waals surface area (Å²) in [7, 11) is 1.47. The standard InChI is InChI=1S/C17H19Cl2N3O3/c1-4-16(23)22(11(2)5-6-13(9-20)25-3)10-21-15-8-12(18)7-14(19)17(15)24/h5-10,24H,2,4,20H2,1,3H3/b6-5-,13-9+,21-10-. The van der Waals surface area contributed by atoms with Crippen LogP contribution in [0.15, 0.2) is 53.5 Å². The monoisotopic (exact) mass is 383 g/mol. The highest BCUT2D eigenvalue weighted by molar-refractivity contribution is 6.36. The highest BCUT2D eigenvalue weighted by Crippen LogP contribution is 2.36. The van der Waals surface area contributed by atoms with Gasteiger partial charge in [0, 0.05) is 23.3 Å². The Morgan fingerprint density at radius 1 is 1.44 bits per heavy atom. The summed E-state index contributed by atoms with van der Waals surface area (Å²) in [6.07, 6.45) is 5.84. The molecule has 0 radical (unpaired) electrons. The zero-order chi connectivity index (χ0) is 19.0. The van der Waals surface area contributed by atoms with Crippen molar-refractivity contribution in [2.24, 2.45) is 10.7 Å². The van der Waals surface area contributed by atoms with Crippen molar-refractivity contribution in [3.8, 4) is 5.75 Å². The van der Waals surface area contributed by atoms with Gasteiger partial charge >= 0.3 is 0 Å². The largest absolute Gasteiger partial charge is 0.504 e. The number of nitrogens with two attached hydrogens (primary N) is 1. The van der Waals surface area contributed by atoms with Gasteiger partial charge in [0.2, 0.25) is 5.91 Å². The smallest absolute Gasteiger partial charge is 0.231 e. The molecule has 0 aliphatic rings. The van der Waals surface area contributed by atoms with E-state index in [4.69, 9.17) is 33.7 Å². The van der Waals surface area contributed by atoms with Crippen molar-refractivity contribution in [1.29, 1.82) is 0 Å². The molecule has 6 nitrogen and oxygen atoms in total. The molecule has 25 heavy (non-hydrogen) atoms. The van der Waals surface area contributed by atoms with Crippen molar-refractivity contribution in [3.05, 3.63) is 58.6 Å². The average molecular weight is 384 g/mol. The number of nitrogens with zero attached hydrogens (tertiary/aromatic N) is 2. The summed E-state index contributed by atoms with van der Waals surface area (Å²) >= 11 is 11.7. The van der Waals surface area contributed by atoms with Gasteiger partial charge in [0.1, 0.15) is 17.8 Å². The summed E-state index contributed by atoms with van der Waals surface area (Å²) in [6, 6.07) is 2.81. The molecule has 1 amide bonds. The molecule has 1 rings (SSSR count). The van der Waals surface area contributed by atoms with Gasteiger partial charge in [-0.05, 0) is 24.3 Å². The lowest BCUT2D eigenvalue weighted by Gasteiger charge is -2.17. The van der Waals surface area contributed by atoms with Gasteiger partial charge in [-0.3, -0.25) is 9.69 Å². The first kappa shape index (κ1) is 20.6. The molecule has 0 saturated heterocycles. The Labute approximate surface area is 156 Å². The molecule has 3 N–H and O–H groups in total. The minimum absolute atomic E-state index is 0.0598. The molecule has 8 heteroatoms. The molecule has 1 aromatic rings. The number of allylic oxidation sites excluding steroid dienone is 2. The lowest BCUT2D eigenvalue weighted by Crippen LogP contribution is -2.27. The fourth-order valence-electron chi connectivity index (χ4n) is 1.69. The fourth-order valence-corrected chi connectivity index (χ4v) is 2.17. The topological polar surface area (TPSA) is 88.2 Å². The van der Waals surface area contributed by atoms with E-state index in [1.807, 2.05) is 0 Å². The Morgan fingerprint density at radius 3 is 2.68 bits per heavy atom. The number of aromatic hydroxyl groups is 1. The van der Waals surface area contributed by atoms with E-state index in [2.05, 4.69) is 11.6 Å². The number of benzene rings is 1. The van der Waals surface area contributed by atoms with Crippen LogP contribution in [-0.4, -0.2) is 29.4 Å². The first-order valence-electron chi connectivity index (χ1n) is 7.21. The number of methoxy groups -OCH3 is 1. The maximum absolute atomic E-state index is 12.1. The Bertz CT molecular complexity index is 743. The third-order valence-electron chi connectivity index (χ3n) is 3.04. The van der Waals surface area contributed by atoms with E-state index >= 15 is 0 Å². The van der Waals surface area contributed by atoms with Crippen molar-refractivity contribution in [3.63, 3.8) is 0 Å². The Kier molecular flexibility index (Phi) is 8.04. The summed E-state index contributed by atoms with van der Waals surface area (Å²) in [6.45, 7) is 5.53. The quantitative estimate of drug-likeness (QED) is 0.320. The number of hydrogen-bond donors (Lipinski definition) is 2. The number of phenolic OH excluding ortho intramolecular Hbond substituents is 1. The second-order valence-corrected chi connectivity index (χ2v) is 5.56. The molecule has 0 fully saturated rings. The van der Waals surface area contributed by atoms with Crippen molar-refractivity contribution in [2.75, 3.05) is 7.11 Å². The minimum atomic E-state index is -0.248. The van der Waals surface area contributed by atoms with Crippen LogP contribution in [0.1, 0.15) is 13.3 Å². The number of phenols is 1. The van der Waals surface area contributed by atoms with Crippen LogP contribution in [0.3, 0.4) is 0 Å². The molecule has 0 saturated carbocycles. The predicted molar refractivity (Wildman–Crippen MR) is 101 cm³/mol. The van der Waals surface area contributed by atoms with Crippen molar-refractivity contribution >= 4 is 41.1 Å². The van der Waals surface area contributed by atoms with Crippen LogP contribution in [0.4, 0.5) is 5.69 Å². The molecule has 1 aromatic carbocycles. The Morgan fingerprint density at radius 2 is 2.12 bits per heavy atom. The van der Waals surface area contributed by atoms with Crippen LogP contribution >= 0.6 is 23.2 Å². The molecule has 0 atom stereocenters. The van der Waals surface area contributed by atoms with Crippen molar-refractivity contribution in [2.45, 2.75) is 13.3 Å². The first-order valence-corrected chi connectivity index (χ1v) is 7.96. The van der Waals surface area contributed by atoms with Crippen LogP contribution in [0.25, 0.3) is 0 Å². The fraction of sp³-hybridized carbons (Fsp3) is 0.176. The second kappa shape index (κ2) is 9.76. The zero-order valence-corrected chi connectivity index (χ0v) is 15.4. The number of hydrogen-bond acceptors (Lipinski definition) is 5. The van der Waals surface area contributed by atoms with E-state index in [0.717, 1.165) is 0 Å². The molecule has 0 aliphatic heterocycles. The number of amides is 1. The maximum atomic E-state index is 12.1. The van der Waals surface area contributed by atoms with Crippen LogP contribution in [0, 0.1) is 0 Å².